The number of halogens is 2. The van der Waals surface area contributed by atoms with Crippen molar-refractivity contribution in [3.8, 4) is 0 Å². The van der Waals surface area contributed by atoms with Gasteiger partial charge in [0.05, 0.1) is 17.8 Å². The van der Waals surface area contributed by atoms with Crippen molar-refractivity contribution in [2.75, 3.05) is 11.5 Å². The highest BCUT2D eigenvalue weighted by Crippen LogP contribution is 2.24. The Kier molecular flexibility index (Phi) is 5.74. The van der Waals surface area contributed by atoms with Gasteiger partial charge in [0.15, 0.2) is 0 Å². The molecule has 0 atom stereocenters. The molecule has 0 radical (unpaired) electrons. The molecule has 1 fully saturated rings. The van der Waals surface area contributed by atoms with Crippen LogP contribution in [0.15, 0.2) is 24.3 Å². The molecule has 1 aliphatic heterocycles. The van der Waals surface area contributed by atoms with Crippen LogP contribution in [0.2, 0.25) is 10.2 Å². The summed E-state index contributed by atoms with van der Waals surface area (Å²) in [4.78, 5) is 12.6. The summed E-state index contributed by atoms with van der Waals surface area (Å²) in [7, 11) is 0. The summed E-state index contributed by atoms with van der Waals surface area (Å²) in [6, 6.07) is 7.77. The van der Waals surface area contributed by atoms with Crippen molar-refractivity contribution in [1.82, 2.24) is 15.1 Å². The zero-order chi connectivity index (χ0) is 17.1. The molecule has 2 heterocycles. The fourth-order valence-electron chi connectivity index (χ4n) is 2.80. The second kappa shape index (κ2) is 7.81. The van der Waals surface area contributed by atoms with E-state index in [-0.39, 0.29) is 11.9 Å². The molecule has 3 rings (SSSR count). The number of carbonyl (C=O) groups is 1. The zero-order valence-electron chi connectivity index (χ0n) is 13.4. The molecule has 0 saturated carbocycles. The number of carbonyl (C=O) groups excluding carboxylic acids is 1. The van der Waals surface area contributed by atoms with E-state index in [1.807, 2.05) is 36.0 Å². The fourth-order valence-corrected chi connectivity index (χ4v) is 4.43. The lowest BCUT2D eigenvalue weighted by atomic mass is 10.1. The first kappa shape index (κ1) is 17.6. The molecule has 0 spiro atoms. The molecule has 1 aromatic carbocycles. The fraction of sp³-hybridized carbons (Fsp3) is 0.412. The van der Waals surface area contributed by atoms with E-state index < -0.39 is 0 Å². The van der Waals surface area contributed by atoms with Crippen molar-refractivity contribution in [2.24, 2.45) is 0 Å². The van der Waals surface area contributed by atoms with E-state index in [1.165, 1.54) is 0 Å². The number of benzene rings is 1. The van der Waals surface area contributed by atoms with Crippen molar-refractivity contribution in [2.45, 2.75) is 32.4 Å². The molecule has 0 bridgehead atoms. The molecular weight excluding hydrogens is 365 g/mol. The van der Waals surface area contributed by atoms with E-state index in [0.717, 1.165) is 29.9 Å². The minimum absolute atomic E-state index is 0.139. The van der Waals surface area contributed by atoms with Gasteiger partial charge >= 0.3 is 0 Å². The Morgan fingerprint density at radius 2 is 2.04 bits per heavy atom. The third kappa shape index (κ3) is 3.90. The predicted octanol–water partition coefficient (Wildman–Crippen LogP) is 4.17. The molecule has 1 saturated heterocycles. The van der Waals surface area contributed by atoms with Gasteiger partial charge < -0.3 is 5.32 Å². The number of amides is 1. The zero-order valence-corrected chi connectivity index (χ0v) is 15.7. The highest BCUT2D eigenvalue weighted by molar-refractivity contribution is 7.99. The Bertz CT molecular complexity index is 741. The lowest BCUT2D eigenvalue weighted by Crippen LogP contribution is -2.37. The average Bonchev–Trinajstić information content (AvgIpc) is 2.84. The molecule has 24 heavy (non-hydrogen) atoms. The van der Waals surface area contributed by atoms with Gasteiger partial charge in [-0.2, -0.15) is 16.9 Å². The molecule has 1 aromatic heterocycles. The summed E-state index contributed by atoms with van der Waals surface area (Å²) in [5.41, 5.74) is 2.01. The van der Waals surface area contributed by atoms with Gasteiger partial charge in [-0.25, -0.2) is 4.68 Å². The Labute approximate surface area is 155 Å². The van der Waals surface area contributed by atoms with E-state index in [9.17, 15) is 4.79 Å². The monoisotopic (exact) mass is 383 g/mol. The maximum absolute atomic E-state index is 12.6. The number of rotatable bonds is 4. The largest absolute Gasteiger partial charge is 0.349 e. The van der Waals surface area contributed by atoms with Crippen LogP contribution in [-0.2, 0) is 6.54 Å². The minimum atomic E-state index is -0.139. The number of aryl methyl sites for hydroxylation is 1. The summed E-state index contributed by atoms with van der Waals surface area (Å²) in [5, 5.41) is 8.53. The van der Waals surface area contributed by atoms with Gasteiger partial charge in [0, 0.05) is 11.1 Å². The Morgan fingerprint density at radius 3 is 2.75 bits per heavy atom. The van der Waals surface area contributed by atoms with Crippen molar-refractivity contribution < 1.29 is 4.79 Å². The first-order chi connectivity index (χ1) is 11.6. The molecule has 1 amide bonds. The predicted molar refractivity (Wildman–Crippen MR) is 100 cm³/mol. The highest BCUT2D eigenvalue weighted by Gasteiger charge is 2.23. The number of thioether (sulfide) groups is 1. The van der Waals surface area contributed by atoms with Gasteiger partial charge in [0.1, 0.15) is 5.15 Å². The van der Waals surface area contributed by atoms with Gasteiger partial charge in [-0.15, -0.1) is 0 Å². The van der Waals surface area contributed by atoms with Crippen molar-refractivity contribution >= 4 is 40.9 Å². The van der Waals surface area contributed by atoms with Crippen molar-refractivity contribution in [1.29, 1.82) is 0 Å². The number of aromatic nitrogens is 2. The summed E-state index contributed by atoms with van der Waals surface area (Å²) >= 11 is 14.6. The lowest BCUT2D eigenvalue weighted by molar-refractivity contribution is 0.0934. The summed E-state index contributed by atoms with van der Waals surface area (Å²) in [6.45, 7) is 2.24. The van der Waals surface area contributed by atoms with Crippen molar-refractivity contribution in [3.05, 3.63) is 51.3 Å². The van der Waals surface area contributed by atoms with Gasteiger partial charge in [-0.05, 0) is 42.9 Å². The number of nitrogens with one attached hydrogen (secondary N) is 1. The molecule has 128 valence electrons. The normalized spacial score (nSPS) is 15.5. The van der Waals surface area contributed by atoms with Crippen LogP contribution in [0.3, 0.4) is 0 Å². The number of hydrogen-bond donors (Lipinski definition) is 1. The van der Waals surface area contributed by atoms with E-state index in [4.69, 9.17) is 23.2 Å². The molecule has 0 unspecified atom stereocenters. The molecule has 0 aliphatic carbocycles. The third-order valence-corrected chi connectivity index (χ3v) is 5.93. The first-order valence-electron chi connectivity index (χ1n) is 7.91. The van der Waals surface area contributed by atoms with Crippen molar-refractivity contribution in [3.63, 3.8) is 0 Å². The van der Waals surface area contributed by atoms with E-state index in [2.05, 4.69) is 10.4 Å². The molecule has 1 N–H and O–H groups in total. The van der Waals surface area contributed by atoms with Crippen LogP contribution >= 0.6 is 35.0 Å². The minimum Gasteiger partial charge on any atom is -0.349 e. The highest BCUT2D eigenvalue weighted by atomic mass is 35.5. The maximum Gasteiger partial charge on any atom is 0.256 e. The Morgan fingerprint density at radius 1 is 1.33 bits per heavy atom. The van der Waals surface area contributed by atoms with Crippen LogP contribution in [-0.4, -0.2) is 33.2 Å². The topological polar surface area (TPSA) is 46.9 Å². The molecular formula is C17H19Cl2N3OS. The second-order valence-electron chi connectivity index (χ2n) is 5.86. The van der Waals surface area contributed by atoms with Crippen LogP contribution in [0.4, 0.5) is 0 Å². The van der Waals surface area contributed by atoms with E-state index in [1.54, 1.807) is 11.6 Å². The van der Waals surface area contributed by atoms with Crippen LogP contribution in [0, 0.1) is 6.92 Å². The second-order valence-corrected chi connectivity index (χ2v) is 7.85. The van der Waals surface area contributed by atoms with Crippen LogP contribution in [0.1, 0.15) is 34.5 Å². The summed E-state index contributed by atoms with van der Waals surface area (Å²) in [6.07, 6.45) is 2.00. The molecule has 1 aliphatic rings. The van der Waals surface area contributed by atoms with Crippen LogP contribution < -0.4 is 5.32 Å². The SMILES string of the molecule is Cc1nn(Cc2ccccc2Cl)c(Cl)c1C(=O)NC1CCSCC1. The maximum atomic E-state index is 12.6. The molecule has 4 nitrogen and oxygen atoms in total. The summed E-state index contributed by atoms with van der Waals surface area (Å²) in [5.74, 6) is 2.03. The van der Waals surface area contributed by atoms with E-state index in [0.29, 0.717) is 28.0 Å². The third-order valence-electron chi connectivity index (χ3n) is 4.13. The van der Waals surface area contributed by atoms with Crippen LogP contribution in [0.5, 0.6) is 0 Å². The van der Waals surface area contributed by atoms with Gasteiger partial charge in [0.2, 0.25) is 0 Å². The van der Waals surface area contributed by atoms with Gasteiger partial charge in [-0.3, -0.25) is 4.79 Å². The lowest BCUT2D eigenvalue weighted by Gasteiger charge is -2.22. The first-order valence-corrected chi connectivity index (χ1v) is 9.82. The Hall–Kier alpha value is -1.17. The quantitative estimate of drug-likeness (QED) is 0.861. The Balaban J connectivity index is 1.78. The average molecular weight is 384 g/mol. The number of hydrogen-bond acceptors (Lipinski definition) is 3. The summed E-state index contributed by atoms with van der Waals surface area (Å²) < 4.78 is 1.63. The van der Waals surface area contributed by atoms with Gasteiger partial charge in [0.25, 0.3) is 5.91 Å². The van der Waals surface area contributed by atoms with E-state index >= 15 is 0 Å². The smallest absolute Gasteiger partial charge is 0.256 e. The van der Waals surface area contributed by atoms with Crippen LogP contribution in [0.25, 0.3) is 0 Å². The standard InChI is InChI=1S/C17H19Cl2N3OS/c1-11-15(17(23)20-13-6-8-24-9-7-13)16(19)22(21-11)10-12-4-2-3-5-14(12)18/h2-5,13H,6-10H2,1H3,(H,20,23). The molecule has 7 heteroatoms. The number of nitrogens with zero attached hydrogens (tertiary/aromatic N) is 2. The van der Waals surface area contributed by atoms with Gasteiger partial charge in [-0.1, -0.05) is 41.4 Å². The molecule has 2 aromatic rings.